The molecule has 0 spiro atoms. The average molecular weight is 167 g/mol. The van der Waals surface area contributed by atoms with Gasteiger partial charge in [-0.15, -0.1) is 6.42 Å². The number of imide groups is 1. The van der Waals surface area contributed by atoms with E-state index in [1.54, 1.807) is 5.92 Å². The number of ketones is 1. The van der Waals surface area contributed by atoms with Crippen LogP contribution in [0.4, 0.5) is 0 Å². The fourth-order valence-electron chi connectivity index (χ4n) is 0.924. The van der Waals surface area contributed by atoms with Crippen LogP contribution in [0.1, 0.15) is 6.42 Å². The van der Waals surface area contributed by atoms with Crippen LogP contribution >= 0.6 is 0 Å². The highest BCUT2D eigenvalue weighted by Gasteiger charge is 2.41. The molecule has 1 N–H and O–H groups in total. The van der Waals surface area contributed by atoms with Gasteiger partial charge in [0.15, 0.2) is 0 Å². The average Bonchev–Trinajstić information content (AvgIpc) is 2.32. The molecule has 0 saturated carbocycles. The summed E-state index contributed by atoms with van der Waals surface area (Å²) in [5.74, 6) is -1.97. The number of rotatable bonds is 1. The van der Waals surface area contributed by atoms with Crippen molar-refractivity contribution in [3.8, 4) is 12.3 Å². The fourth-order valence-corrected chi connectivity index (χ4v) is 0.924. The zero-order valence-corrected chi connectivity index (χ0v) is 5.98. The Morgan fingerprint density at radius 1 is 1.67 bits per heavy atom. The number of carbonyl (C=O) groups is 3. The van der Waals surface area contributed by atoms with Gasteiger partial charge < -0.3 is 0 Å². The SMILES string of the molecule is C#CC(=O)C1CC(=O)N(O)C1=O. The monoisotopic (exact) mass is 167 g/mol. The summed E-state index contributed by atoms with van der Waals surface area (Å²) in [5, 5.41) is 8.62. The first kappa shape index (κ1) is 8.43. The Labute approximate surface area is 67.9 Å². The second-order valence-electron chi connectivity index (χ2n) is 2.31. The number of hydrogen-bond donors (Lipinski definition) is 1. The summed E-state index contributed by atoms with van der Waals surface area (Å²) in [6.07, 6.45) is 4.41. The van der Waals surface area contributed by atoms with Gasteiger partial charge in [0, 0.05) is 6.42 Å². The molecule has 62 valence electrons. The molecule has 0 radical (unpaired) electrons. The summed E-state index contributed by atoms with van der Waals surface area (Å²) in [6.45, 7) is 0. The summed E-state index contributed by atoms with van der Waals surface area (Å²) in [6, 6.07) is 0. The Hall–Kier alpha value is -1.67. The van der Waals surface area contributed by atoms with Gasteiger partial charge in [0.25, 0.3) is 11.8 Å². The van der Waals surface area contributed by atoms with Crippen molar-refractivity contribution in [3.05, 3.63) is 0 Å². The first-order chi connectivity index (χ1) is 5.57. The summed E-state index contributed by atoms with van der Waals surface area (Å²) < 4.78 is 0. The van der Waals surface area contributed by atoms with E-state index in [1.165, 1.54) is 0 Å². The van der Waals surface area contributed by atoms with Crippen LogP contribution in [-0.4, -0.2) is 27.9 Å². The minimum absolute atomic E-state index is 0.0695. The smallest absolute Gasteiger partial charge is 0.265 e. The summed E-state index contributed by atoms with van der Waals surface area (Å²) in [5.41, 5.74) is 0. The maximum absolute atomic E-state index is 10.9. The van der Waals surface area contributed by atoms with Gasteiger partial charge in [-0.2, -0.15) is 5.06 Å². The van der Waals surface area contributed by atoms with E-state index in [1.807, 2.05) is 0 Å². The van der Waals surface area contributed by atoms with Gasteiger partial charge in [-0.25, -0.2) is 0 Å². The molecular weight excluding hydrogens is 162 g/mol. The molecule has 12 heavy (non-hydrogen) atoms. The number of hydrogen-bond acceptors (Lipinski definition) is 4. The van der Waals surface area contributed by atoms with Crippen LogP contribution in [0.2, 0.25) is 0 Å². The quantitative estimate of drug-likeness (QED) is 0.178. The molecule has 1 rings (SSSR count). The van der Waals surface area contributed by atoms with E-state index in [0.29, 0.717) is 0 Å². The standard InChI is InChI=1S/C7H5NO4/c1-2-5(9)4-3-6(10)8(12)7(4)11/h1,4,12H,3H2. The molecule has 1 aliphatic rings. The number of hydroxylamine groups is 2. The van der Waals surface area contributed by atoms with Crippen molar-refractivity contribution in [2.45, 2.75) is 6.42 Å². The molecule has 0 aromatic carbocycles. The largest absolute Gasteiger partial charge is 0.284 e. The van der Waals surface area contributed by atoms with Gasteiger partial charge in [0.2, 0.25) is 5.78 Å². The van der Waals surface area contributed by atoms with E-state index < -0.39 is 23.5 Å². The van der Waals surface area contributed by atoms with E-state index in [2.05, 4.69) is 0 Å². The van der Waals surface area contributed by atoms with Crippen LogP contribution in [0.3, 0.4) is 0 Å². The van der Waals surface area contributed by atoms with Crippen LogP contribution in [0.5, 0.6) is 0 Å². The summed E-state index contributed by atoms with van der Waals surface area (Å²) in [4.78, 5) is 32.3. The molecule has 1 atom stereocenters. The highest BCUT2D eigenvalue weighted by Crippen LogP contribution is 2.17. The lowest BCUT2D eigenvalue weighted by atomic mass is 10.0. The second-order valence-corrected chi connectivity index (χ2v) is 2.31. The summed E-state index contributed by atoms with van der Waals surface area (Å²) >= 11 is 0. The number of amides is 2. The molecule has 1 fully saturated rings. The Balaban J connectivity index is 2.87. The third-order valence-corrected chi connectivity index (χ3v) is 1.58. The van der Waals surface area contributed by atoms with Crippen LogP contribution in [0.25, 0.3) is 0 Å². The van der Waals surface area contributed by atoms with Crippen molar-refractivity contribution >= 4 is 17.6 Å². The molecule has 1 unspecified atom stereocenters. The number of carbonyl (C=O) groups excluding carboxylic acids is 3. The number of nitrogens with zero attached hydrogens (tertiary/aromatic N) is 1. The highest BCUT2D eigenvalue weighted by molar-refractivity contribution is 6.17. The van der Waals surface area contributed by atoms with Gasteiger partial charge >= 0.3 is 0 Å². The molecule has 5 nitrogen and oxygen atoms in total. The zero-order valence-electron chi connectivity index (χ0n) is 5.98. The van der Waals surface area contributed by atoms with Crippen molar-refractivity contribution in [1.82, 2.24) is 5.06 Å². The molecule has 1 aliphatic heterocycles. The maximum Gasteiger partial charge on any atom is 0.265 e. The van der Waals surface area contributed by atoms with E-state index in [9.17, 15) is 14.4 Å². The van der Waals surface area contributed by atoms with E-state index in [4.69, 9.17) is 11.6 Å². The molecule has 1 heterocycles. The topological polar surface area (TPSA) is 74.7 Å². The molecule has 0 bridgehead atoms. The molecule has 1 saturated heterocycles. The molecule has 2 amide bonds. The third-order valence-electron chi connectivity index (χ3n) is 1.58. The van der Waals surface area contributed by atoms with Crippen molar-refractivity contribution in [3.63, 3.8) is 0 Å². The van der Waals surface area contributed by atoms with Crippen molar-refractivity contribution in [2.24, 2.45) is 5.92 Å². The van der Waals surface area contributed by atoms with E-state index >= 15 is 0 Å². The number of terminal acetylenes is 1. The normalized spacial score (nSPS) is 22.7. The van der Waals surface area contributed by atoms with E-state index in [0.717, 1.165) is 0 Å². The van der Waals surface area contributed by atoms with Gasteiger partial charge in [0.1, 0.15) is 5.92 Å². The van der Waals surface area contributed by atoms with Crippen molar-refractivity contribution < 1.29 is 19.6 Å². The van der Waals surface area contributed by atoms with Gasteiger partial charge in [-0.3, -0.25) is 19.6 Å². The molecule has 5 heteroatoms. The Kier molecular flexibility index (Phi) is 1.93. The molecular formula is C7H5NO4. The van der Waals surface area contributed by atoms with Crippen molar-refractivity contribution in [2.75, 3.05) is 0 Å². The lowest BCUT2D eigenvalue weighted by Gasteiger charge is -2.01. The maximum atomic E-state index is 10.9. The van der Waals surface area contributed by atoms with Gasteiger partial charge in [-0.05, 0) is 5.92 Å². The Morgan fingerprint density at radius 2 is 2.25 bits per heavy atom. The lowest BCUT2D eigenvalue weighted by Crippen LogP contribution is -2.28. The van der Waals surface area contributed by atoms with Crippen LogP contribution < -0.4 is 0 Å². The van der Waals surface area contributed by atoms with Crippen LogP contribution in [0.15, 0.2) is 0 Å². The van der Waals surface area contributed by atoms with Gasteiger partial charge in [-0.1, -0.05) is 0 Å². The lowest BCUT2D eigenvalue weighted by molar-refractivity contribution is -0.172. The molecule has 0 aromatic heterocycles. The summed E-state index contributed by atoms with van der Waals surface area (Å²) in [7, 11) is 0. The Morgan fingerprint density at radius 3 is 2.58 bits per heavy atom. The zero-order chi connectivity index (χ0) is 9.30. The minimum Gasteiger partial charge on any atom is -0.284 e. The van der Waals surface area contributed by atoms with Crippen molar-refractivity contribution in [1.29, 1.82) is 0 Å². The highest BCUT2D eigenvalue weighted by atomic mass is 16.5. The first-order valence-electron chi connectivity index (χ1n) is 3.14. The van der Waals surface area contributed by atoms with E-state index in [-0.39, 0.29) is 11.5 Å². The van der Waals surface area contributed by atoms with Crippen LogP contribution in [0, 0.1) is 18.3 Å². The van der Waals surface area contributed by atoms with Gasteiger partial charge in [0.05, 0.1) is 0 Å². The minimum atomic E-state index is -1.19. The number of Topliss-reactive ketones (excluding diaryl/α,β-unsaturated/α-hetero) is 1. The van der Waals surface area contributed by atoms with Crippen LogP contribution in [-0.2, 0) is 14.4 Å². The fraction of sp³-hybridized carbons (Fsp3) is 0.286. The second kappa shape index (κ2) is 2.75. The predicted molar refractivity (Wildman–Crippen MR) is 35.6 cm³/mol. The first-order valence-corrected chi connectivity index (χ1v) is 3.14. The molecule has 0 aliphatic carbocycles. The Bertz CT molecular complexity index is 301. The third kappa shape index (κ3) is 1.08. The predicted octanol–water partition coefficient (Wildman–Crippen LogP) is -1.05. The molecule has 0 aromatic rings.